The van der Waals surface area contributed by atoms with Crippen LogP contribution in [0.15, 0.2) is 91.0 Å². The molecular formula is C30H20. The molecule has 1 aliphatic carbocycles. The zero-order valence-corrected chi connectivity index (χ0v) is 16.7. The van der Waals surface area contributed by atoms with Crippen LogP contribution in [0.2, 0.25) is 0 Å². The van der Waals surface area contributed by atoms with Gasteiger partial charge in [-0.3, -0.25) is 0 Å². The summed E-state index contributed by atoms with van der Waals surface area (Å²) < 4.78 is 0. The Hall–Kier alpha value is -3.64. The number of fused-ring (bicyclic) bond motifs is 7. The smallest absolute Gasteiger partial charge is 0.0139 e. The molecule has 140 valence electrons. The van der Waals surface area contributed by atoms with E-state index in [1.54, 1.807) is 0 Å². The van der Waals surface area contributed by atoms with Crippen molar-refractivity contribution in [2.24, 2.45) is 0 Å². The van der Waals surface area contributed by atoms with E-state index in [1.165, 1.54) is 65.0 Å². The highest BCUT2D eigenvalue weighted by molar-refractivity contribution is 6.10. The third-order valence-corrected chi connectivity index (χ3v) is 6.76. The van der Waals surface area contributed by atoms with E-state index >= 15 is 0 Å². The molecule has 1 aliphatic rings. The second-order valence-corrected chi connectivity index (χ2v) is 8.59. The SMILES string of the molecule is C1=Cc2ccc3cc4cc5cc6cc7ccccc7cc6cc5cc4cc3c2CC1. The highest BCUT2D eigenvalue weighted by atomic mass is 14.1. The van der Waals surface area contributed by atoms with Crippen molar-refractivity contribution in [3.63, 3.8) is 0 Å². The Labute approximate surface area is 175 Å². The third kappa shape index (κ3) is 2.34. The Bertz CT molecular complexity index is 1680. The molecule has 0 unspecified atom stereocenters. The summed E-state index contributed by atoms with van der Waals surface area (Å²) >= 11 is 0. The number of hydrogen-bond acceptors (Lipinski definition) is 0. The second-order valence-electron chi connectivity index (χ2n) is 8.59. The zero-order chi connectivity index (χ0) is 19.7. The molecular weight excluding hydrogens is 360 g/mol. The highest BCUT2D eigenvalue weighted by Crippen LogP contribution is 2.34. The Morgan fingerprint density at radius 3 is 1.63 bits per heavy atom. The first-order chi connectivity index (χ1) is 14.8. The normalized spacial score (nSPS) is 13.6. The average Bonchev–Trinajstić information content (AvgIpc) is 2.78. The van der Waals surface area contributed by atoms with E-state index in [-0.39, 0.29) is 0 Å². The minimum absolute atomic E-state index is 1.14. The molecule has 0 atom stereocenters. The molecule has 0 bridgehead atoms. The minimum atomic E-state index is 1.14. The molecule has 0 saturated carbocycles. The molecule has 0 saturated heterocycles. The van der Waals surface area contributed by atoms with Gasteiger partial charge in [-0.25, -0.2) is 0 Å². The number of aryl methyl sites for hydroxylation is 1. The molecule has 0 nitrogen and oxygen atoms in total. The average molecular weight is 380 g/mol. The lowest BCUT2D eigenvalue weighted by Crippen LogP contribution is -1.95. The molecule has 0 heteroatoms. The predicted molar refractivity (Wildman–Crippen MR) is 131 cm³/mol. The summed E-state index contributed by atoms with van der Waals surface area (Å²) in [5.74, 6) is 0. The highest BCUT2D eigenvalue weighted by Gasteiger charge is 2.10. The van der Waals surface area contributed by atoms with Crippen molar-refractivity contribution in [3.05, 3.63) is 102 Å². The summed E-state index contributed by atoms with van der Waals surface area (Å²) in [5, 5.41) is 13.3. The number of rotatable bonds is 0. The van der Waals surface area contributed by atoms with Gasteiger partial charge in [-0.05, 0) is 126 Å². The lowest BCUT2D eigenvalue weighted by molar-refractivity contribution is 0.997. The van der Waals surface area contributed by atoms with Gasteiger partial charge in [0.2, 0.25) is 0 Å². The van der Waals surface area contributed by atoms with Crippen molar-refractivity contribution in [2.75, 3.05) is 0 Å². The minimum Gasteiger partial charge on any atom is -0.0836 e. The summed E-state index contributed by atoms with van der Waals surface area (Å²) in [5.41, 5.74) is 2.88. The quantitative estimate of drug-likeness (QED) is 0.232. The number of hydrogen-bond donors (Lipinski definition) is 0. The van der Waals surface area contributed by atoms with Crippen LogP contribution < -0.4 is 0 Å². The van der Waals surface area contributed by atoms with E-state index in [9.17, 15) is 0 Å². The van der Waals surface area contributed by atoms with Gasteiger partial charge in [0.1, 0.15) is 0 Å². The van der Waals surface area contributed by atoms with E-state index < -0.39 is 0 Å². The summed E-state index contributed by atoms with van der Waals surface area (Å²) in [6.07, 6.45) is 6.85. The maximum absolute atomic E-state index is 2.41. The second kappa shape index (κ2) is 5.93. The molecule has 7 rings (SSSR count). The fraction of sp³-hybridized carbons (Fsp3) is 0.0667. The van der Waals surface area contributed by atoms with Gasteiger partial charge in [0.25, 0.3) is 0 Å². The van der Waals surface area contributed by atoms with Crippen LogP contribution in [-0.4, -0.2) is 0 Å². The van der Waals surface area contributed by atoms with Gasteiger partial charge in [-0.15, -0.1) is 0 Å². The van der Waals surface area contributed by atoms with Crippen molar-refractivity contribution >= 4 is 59.9 Å². The molecule has 6 aromatic carbocycles. The van der Waals surface area contributed by atoms with E-state index in [2.05, 4.69) is 97.1 Å². The summed E-state index contributed by atoms with van der Waals surface area (Å²) in [7, 11) is 0. The molecule has 0 radical (unpaired) electrons. The first-order valence-electron chi connectivity index (χ1n) is 10.7. The topological polar surface area (TPSA) is 0 Å². The lowest BCUT2D eigenvalue weighted by atomic mass is 9.90. The number of allylic oxidation sites excluding steroid dienone is 1. The van der Waals surface area contributed by atoms with Gasteiger partial charge < -0.3 is 0 Å². The molecule has 0 aliphatic heterocycles. The van der Waals surface area contributed by atoms with Crippen molar-refractivity contribution in [1.29, 1.82) is 0 Å². The van der Waals surface area contributed by atoms with Gasteiger partial charge in [-0.2, -0.15) is 0 Å². The molecule has 0 spiro atoms. The Kier molecular flexibility index (Phi) is 3.20. The van der Waals surface area contributed by atoms with Crippen LogP contribution in [0.25, 0.3) is 59.9 Å². The molecule has 6 aromatic rings. The fourth-order valence-corrected chi connectivity index (χ4v) is 5.22. The van der Waals surface area contributed by atoms with Crippen molar-refractivity contribution < 1.29 is 0 Å². The molecule has 0 fully saturated rings. The molecule has 0 aromatic heterocycles. The predicted octanol–water partition coefficient (Wildman–Crippen LogP) is 8.41. The van der Waals surface area contributed by atoms with E-state index in [1.807, 2.05) is 0 Å². The van der Waals surface area contributed by atoms with Gasteiger partial charge >= 0.3 is 0 Å². The van der Waals surface area contributed by atoms with Crippen molar-refractivity contribution in [1.82, 2.24) is 0 Å². The third-order valence-electron chi connectivity index (χ3n) is 6.76. The molecule has 0 amide bonds. The first-order valence-corrected chi connectivity index (χ1v) is 10.7. The van der Waals surface area contributed by atoms with Gasteiger partial charge in [0.05, 0.1) is 0 Å². The standard InChI is InChI=1S/C30H20/c1-2-7-21-12-24-15-27-17-28-18-30-22(10-9-19-5-3-4-8-29(19)30)13-25(28)16-26(27)14-23(24)11-20(21)6-1/h1-3,5-7,9-18H,4,8H2. The molecule has 30 heavy (non-hydrogen) atoms. The van der Waals surface area contributed by atoms with Crippen LogP contribution in [0.1, 0.15) is 17.5 Å². The Balaban J connectivity index is 1.54. The van der Waals surface area contributed by atoms with Crippen LogP contribution in [0.3, 0.4) is 0 Å². The lowest BCUT2D eigenvalue weighted by Gasteiger charge is -2.15. The number of benzene rings is 6. The van der Waals surface area contributed by atoms with Gasteiger partial charge in [0, 0.05) is 0 Å². The van der Waals surface area contributed by atoms with Crippen LogP contribution in [0, 0.1) is 0 Å². The van der Waals surface area contributed by atoms with Crippen LogP contribution >= 0.6 is 0 Å². The summed E-state index contributed by atoms with van der Waals surface area (Å²) in [6, 6.07) is 32.0. The molecule has 0 N–H and O–H groups in total. The summed E-state index contributed by atoms with van der Waals surface area (Å²) in [6.45, 7) is 0. The van der Waals surface area contributed by atoms with Gasteiger partial charge in [-0.1, -0.05) is 48.6 Å². The van der Waals surface area contributed by atoms with Gasteiger partial charge in [0.15, 0.2) is 0 Å². The Morgan fingerprint density at radius 1 is 0.467 bits per heavy atom. The van der Waals surface area contributed by atoms with Crippen molar-refractivity contribution in [3.8, 4) is 0 Å². The van der Waals surface area contributed by atoms with E-state index in [0.29, 0.717) is 0 Å². The summed E-state index contributed by atoms with van der Waals surface area (Å²) in [4.78, 5) is 0. The van der Waals surface area contributed by atoms with Crippen LogP contribution in [-0.2, 0) is 6.42 Å². The monoisotopic (exact) mass is 380 g/mol. The zero-order valence-electron chi connectivity index (χ0n) is 16.7. The fourth-order valence-electron chi connectivity index (χ4n) is 5.22. The maximum Gasteiger partial charge on any atom is -0.0139 e. The van der Waals surface area contributed by atoms with Crippen LogP contribution in [0.4, 0.5) is 0 Å². The van der Waals surface area contributed by atoms with Crippen molar-refractivity contribution in [2.45, 2.75) is 12.8 Å². The first kappa shape index (κ1) is 16.2. The van der Waals surface area contributed by atoms with E-state index in [0.717, 1.165) is 12.8 Å². The molecule has 0 heterocycles. The Morgan fingerprint density at radius 2 is 1.00 bits per heavy atom. The maximum atomic E-state index is 2.41. The van der Waals surface area contributed by atoms with Crippen LogP contribution in [0.5, 0.6) is 0 Å². The largest absolute Gasteiger partial charge is 0.0836 e. The van der Waals surface area contributed by atoms with E-state index in [4.69, 9.17) is 0 Å².